The number of hydrogen-bond donors (Lipinski definition) is 1. The van der Waals surface area contributed by atoms with Crippen LogP contribution in [-0.2, 0) is 0 Å². The molecule has 2 N–H and O–H groups in total. The van der Waals surface area contributed by atoms with Crippen LogP contribution in [0.1, 0.15) is 20.3 Å². The highest BCUT2D eigenvalue weighted by atomic mass is 35.5. The molecule has 2 nitrogen and oxygen atoms in total. The van der Waals surface area contributed by atoms with Crippen molar-refractivity contribution in [2.45, 2.75) is 35.6 Å². The first kappa shape index (κ1) is 14.8. The van der Waals surface area contributed by atoms with Crippen molar-refractivity contribution in [3.8, 4) is 0 Å². The van der Waals surface area contributed by atoms with Crippen molar-refractivity contribution in [2.24, 2.45) is 5.73 Å². The van der Waals surface area contributed by atoms with Crippen molar-refractivity contribution < 1.29 is 0 Å². The van der Waals surface area contributed by atoms with Crippen molar-refractivity contribution in [1.29, 1.82) is 0 Å². The Balaban J connectivity index is 2.01. The minimum atomic E-state index is -0.174. The molecule has 0 saturated carbocycles. The molecular formula is C17H19ClN2S. The molecule has 21 heavy (non-hydrogen) atoms. The van der Waals surface area contributed by atoms with E-state index in [1.165, 1.54) is 21.2 Å². The van der Waals surface area contributed by atoms with Crippen LogP contribution in [0.4, 0.5) is 11.4 Å². The Labute approximate surface area is 135 Å². The Hall–Kier alpha value is -1.16. The third-order valence-electron chi connectivity index (χ3n) is 3.57. The normalized spacial score (nSPS) is 13.8. The van der Waals surface area contributed by atoms with E-state index in [9.17, 15) is 0 Å². The summed E-state index contributed by atoms with van der Waals surface area (Å²) in [4.78, 5) is 4.82. The molecule has 2 aromatic rings. The van der Waals surface area contributed by atoms with E-state index in [4.69, 9.17) is 17.3 Å². The van der Waals surface area contributed by atoms with Crippen LogP contribution in [0.3, 0.4) is 0 Å². The molecule has 0 unspecified atom stereocenters. The van der Waals surface area contributed by atoms with Gasteiger partial charge < -0.3 is 10.6 Å². The van der Waals surface area contributed by atoms with E-state index in [2.05, 4.69) is 49.1 Å². The number of nitrogens with two attached hydrogens (primary N) is 1. The van der Waals surface area contributed by atoms with E-state index >= 15 is 0 Å². The highest BCUT2D eigenvalue weighted by Crippen LogP contribution is 2.48. The quantitative estimate of drug-likeness (QED) is 0.856. The van der Waals surface area contributed by atoms with Crippen LogP contribution in [0.15, 0.2) is 52.3 Å². The van der Waals surface area contributed by atoms with Gasteiger partial charge in [0.05, 0.1) is 11.4 Å². The zero-order valence-electron chi connectivity index (χ0n) is 12.3. The maximum absolute atomic E-state index is 6.16. The smallest absolute Gasteiger partial charge is 0.0553 e. The van der Waals surface area contributed by atoms with Gasteiger partial charge in [0.15, 0.2) is 0 Å². The zero-order valence-corrected chi connectivity index (χ0v) is 13.8. The van der Waals surface area contributed by atoms with Crippen molar-refractivity contribution in [3.05, 3.63) is 47.5 Å². The van der Waals surface area contributed by atoms with Gasteiger partial charge in [-0.1, -0.05) is 35.5 Å². The lowest BCUT2D eigenvalue weighted by Crippen LogP contribution is -2.36. The average Bonchev–Trinajstić information content (AvgIpc) is 2.42. The molecule has 4 heteroatoms. The third kappa shape index (κ3) is 3.20. The van der Waals surface area contributed by atoms with Gasteiger partial charge in [0.2, 0.25) is 0 Å². The first-order valence-electron chi connectivity index (χ1n) is 7.07. The first-order valence-corrected chi connectivity index (χ1v) is 8.26. The maximum Gasteiger partial charge on any atom is 0.0553 e. The second kappa shape index (κ2) is 5.56. The average molecular weight is 319 g/mol. The van der Waals surface area contributed by atoms with Crippen molar-refractivity contribution in [3.63, 3.8) is 0 Å². The van der Waals surface area contributed by atoms with Gasteiger partial charge in [-0.3, -0.25) is 0 Å². The van der Waals surface area contributed by atoms with E-state index < -0.39 is 0 Å². The molecule has 0 saturated heterocycles. The summed E-state index contributed by atoms with van der Waals surface area (Å²) in [5.74, 6) is 0. The number of benzene rings is 2. The summed E-state index contributed by atoms with van der Waals surface area (Å²) in [5, 5.41) is 0.778. The molecule has 1 heterocycles. The highest BCUT2D eigenvalue weighted by molar-refractivity contribution is 7.99. The Morgan fingerprint density at radius 2 is 1.81 bits per heavy atom. The second-order valence-corrected chi connectivity index (χ2v) is 7.59. The van der Waals surface area contributed by atoms with Crippen LogP contribution in [0, 0.1) is 0 Å². The summed E-state index contributed by atoms with van der Waals surface area (Å²) in [6.45, 7) is 5.04. The van der Waals surface area contributed by atoms with Crippen LogP contribution in [0.5, 0.6) is 0 Å². The summed E-state index contributed by atoms with van der Waals surface area (Å²) in [7, 11) is 0. The monoisotopic (exact) mass is 318 g/mol. The molecule has 0 spiro atoms. The summed E-state index contributed by atoms with van der Waals surface area (Å²) in [6.07, 6.45) is 0.925. The van der Waals surface area contributed by atoms with Gasteiger partial charge in [0.25, 0.3) is 0 Å². The molecular weight excluding hydrogens is 300 g/mol. The van der Waals surface area contributed by atoms with Gasteiger partial charge in [-0.15, -0.1) is 0 Å². The molecule has 110 valence electrons. The fourth-order valence-corrected chi connectivity index (χ4v) is 3.82. The van der Waals surface area contributed by atoms with Crippen molar-refractivity contribution in [2.75, 3.05) is 11.4 Å². The van der Waals surface area contributed by atoms with E-state index in [0.29, 0.717) is 0 Å². The Morgan fingerprint density at radius 3 is 2.57 bits per heavy atom. The number of para-hydroxylation sites is 1. The van der Waals surface area contributed by atoms with Crippen LogP contribution in [0.2, 0.25) is 5.02 Å². The van der Waals surface area contributed by atoms with Crippen molar-refractivity contribution >= 4 is 34.7 Å². The summed E-state index contributed by atoms with van der Waals surface area (Å²) in [5.41, 5.74) is 8.46. The Bertz CT molecular complexity index is 664. The van der Waals surface area contributed by atoms with E-state index in [1.54, 1.807) is 11.8 Å². The summed E-state index contributed by atoms with van der Waals surface area (Å²) < 4.78 is 0. The molecule has 0 aliphatic carbocycles. The molecule has 0 aromatic heterocycles. The summed E-state index contributed by atoms with van der Waals surface area (Å²) >= 11 is 7.93. The highest BCUT2D eigenvalue weighted by Gasteiger charge is 2.24. The first-order chi connectivity index (χ1) is 9.94. The topological polar surface area (TPSA) is 29.3 Å². The minimum absolute atomic E-state index is 0.174. The van der Waals surface area contributed by atoms with Gasteiger partial charge in [-0.05, 0) is 50.6 Å². The largest absolute Gasteiger partial charge is 0.340 e. The second-order valence-electron chi connectivity index (χ2n) is 6.07. The number of rotatable bonds is 3. The lowest BCUT2D eigenvalue weighted by atomic mass is 10.0. The van der Waals surface area contributed by atoms with E-state index in [-0.39, 0.29) is 5.54 Å². The number of anilines is 2. The maximum atomic E-state index is 6.16. The van der Waals surface area contributed by atoms with E-state index in [0.717, 1.165) is 18.0 Å². The number of halogens is 1. The molecule has 2 aromatic carbocycles. The minimum Gasteiger partial charge on any atom is -0.340 e. The molecule has 1 aliphatic rings. The number of hydrogen-bond acceptors (Lipinski definition) is 3. The van der Waals surface area contributed by atoms with Crippen LogP contribution >= 0.6 is 23.4 Å². The molecule has 3 rings (SSSR count). The Kier molecular flexibility index (Phi) is 3.91. The SMILES string of the molecule is CC(C)(N)CCN1c2ccccc2Sc2cc(Cl)ccc21. The van der Waals surface area contributed by atoms with Gasteiger partial charge >= 0.3 is 0 Å². The number of fused-ring (bicyclic) bond motifs is 2. The lowest BCUT2D eigenvalue weighted by molar-refractivity contribution is 0.481. The van der Waals surface area contributed by atoms with Crippen molar-refractivity contribution in [1.82, 2.24) is 0 Å². The summed E-state index contributed by atoms with van der Waals surface area (Å²) in [6, 6.07) is 14.6. The molecule has 0 radical (unpaired) electrons. The molecule has 0 atom stereocenters. The third-order valence-corrected chi connectivity index (χ3v) is 4.92. The van der Waals surface area contributed by atoms with E-state index in [1.807, 2.05) is 12.1 Å². The molecule has 0 fully saturated rings. The fourth-order valence-electron chi connectivity index (χ4n) is 2.45. The molecule has 0 amide bonds. The molecule has 0 bridgehead atoms. The zero-order chi connectivity index (χ0) is 15.0. The van der Waals surface area contributed by atoms with Gasteiger partial charge in [-0.25, -0.2) is 0 Å². The lowest BCUT2D eigenvalue weighted by Gasteiger charge is -2.34. The van der Waals surface area contributed by atoms with Gasteiger partial charge in [-0.2, -0.15) is 0 Å². The van der Waals surface area contributed by atoms with Crippen LogP contribution in [-0.4, -0.2) is 12.1 Å². The predicted octanol–water partition coefficient (Wildman–Crippen LogP) is 5.07. The van der Waals surface area contributed by atoms with Gasteiger partial charge in [0.1, 0.15) is 0 Å². The van der Waals surface area contributed by atoms with Crippen LogP contribution < -0.4 is 10.6 Å². The number of nitrogens with zero attached hydrogens (tertiary/aromatic N) is 1. The fraction of sp³-hybridized carbons (Fsp3) is 0.294. The van der Waals surface area contributed by atoms with Crippen LogP contribution in [0.25, 0.3) is 0 Å². The molecule has 1 aliphatic heterocycles. The van der Waals surface area contributed by atoms with Gasteiger partial charge in [0, 0.05) is 26.9 Å². The predicted molar refractivity (Wildman–Crippen MR) is 91.9 cm³/mol. The standard InChI is InChI=1S/C17H19ClN2S/c1-17(2,19)9-10-20-13-5-3-4-6-15(13)21-16-11-12(18)7-8-14(16)20/h3-8,11H,9-10,19H2,1-2H3. The Morgan fingerprint density at radius 1 is 1.10 bits per heavy atom.